The number of halogens is 1. The van der Waals surface area contributed by atoms with Crippen LogP contribution in [0.3, 0.4) is 0 Å². The summed E-state index contributed by atoms with van der Waals surface area (Å²) in [5.74, 6) is 0. The molecule has 2 aromatic heterocycles. The second-order valence-electron chi connectivity index (χ2n) is 6.53. The Morgan fingerprint density at radius 3 is 2.96 bits per heavy atom. The molecule has 0 amide bonds. The van der Waals surface area contributed by atoms with E-state index in [1.165, 1.54) is 16.7 Å². The molecule has 132 valence electrons. The number of benzene rings is 1. The third kappa shape index (κ3) is 4.00. The monoisotopic (exact) mass is 357 g/mol. The first-order valence-corrected chi connectivity index (χ1v) is 8.59. The van der Waals surface area contributed by atoms with Crippen molar-refractivity contribution in [2.24, 2.45) is 0 Å². The highest BCUT2D eigenvalue weighted by Gasteiger charge is 2.14. The van der Waals surface area contributed by atoms with Crippen LogP contribution in [0.1, 0.15) is 22.4 Å². The first-order valence-electron chi connectivity index (χ1n) is 8.59. The van der Waals surface area contributed by atoms with Crippen molar-refractivity contribution in [1.29, 1.82) is 0 Å². The van der Waals surface area contributed by atoms with Crippen molar-refractivity contribution in [3.63, 3.8) is 0 Å². The van der Waals surface area contributed by atoms with E-state index in [1.54, 1.807) is 0 Å². The number of H-pyrrole nitrogens is 1. The van der Waals surface area contributed by atoms with Crippen LogP contribution in [0, 0.1) is 6.92 Å². The maximum atomic E-state index is 4.40. The van der Waals surface area contributed by atoms with Crippen LogP contribution in [0.25, 0.3) is 11.0 Å². The van der Waals surface area contributed by atoms with Gasteiger partial charge in [0.05, 0.1) is 0 Å². The van der Waals surface area contributed by atoms with Crippen LogP contribution in [-0.4, -0.2) is 39.7 Å². The summed E-state index contributed by atoms with van der Waals surface area (Å²) in [5.41, 5.74) is 6.07. The molecule has 5 nitrogen and oxygen atoms in total. The molecule has 0 saturated heterocycles. The first-order chi connectivity index (χ1) is 11.8. The van der Waals surface area contributed by atoms with E-state index in [9.17, 15) is 0 Å². The van der Waals surface area contributed by atoms with E-state index in [0.29, 0.717) is 0 Å². The van der Waals surface area contributed by atoms with E-state index >= 15 is 0 Å². The SMILES string of the molecule is Cc1[nH]nc2ncc(CNCCN3CCc4ccccc4C3)cc12.Cl. The third-order valence-electron chi connectivity index (χ3n) is 4.80. The Kier molecular flexibility index (Phi) is 5.68. The summed E-state index contributed by atoms with van der Waals surface area (Å²) in [4.78, 5) is 6.93. The molecule has 1 aliphatic heterocycles. The van der Waals surface area contributed by atoms with Gasteiger partial charge in [0.15, 0.2) is 5.65 Å². The fourth-order valence-electron chi connectivity index (χ4n) is 3.37. The molecule has 0 saturated carbocycles. The van der Waals surface area contributed by atoms with Gasteiger partial charge in [-0.05, 0) is 36.1 Å². The molecule has 4 rings (SSSR count). The first kappa shape index (κ1) is 17.9. The molecule has 0 radical (unpaired) electrons. The summed E-state index contributed by atoms with van der Waals surface area (Å²) >= 11 is 0. The second kappa shape index (κ2) is 7.95. The van der Waals surface area contributed by atoms with Gasteiger partial charge in [-0.2, -0.15) is 5.10 Å². The number of nitrogens with zero attached hydrogens (tertiary/aromatic N) is 3. The standard InChI is InChI=1S/C19H23N5.ClH/c1-14-18-10-15(12-21-19(18)23-22-14)11-20-7-9-24-8-6-16-4-2-3-5-17(16)13-24;/h2-5,10,12,20H,6-9,11,13H2,1H3,(H,21,22,23);1H. The van der Waals surface area contributed by atoms with Crippen molar-refractivity contribution in [2.45, 2.75) is 26.4 Å². The minimum Gasteiger partial charge on any atom is -0.311 e. The lowest BCUT2D eigenvalue weighted by Crippen LogP contribution is -2.35. The van der Waals surface area contributed by atoms with Crippen molar-refractivity contribution in [3.8, 4) is 0 Å². The predicted molar refractivity (Wildman–Crippen MR) is 103 cm³/mol. The van der Waals surface area contributed by atoms with Gasteiger partial charge in [-0.25, -0.2) is 4.98 Å². The molecule has 1 aliphatic rings. The predicted octanol–water partition coefficient (Wildman–Crippen LogP) is 2.84. The molecule has 0 atom stereocenters. The Labute approximate surface area is 154 Å². The van der Waals surface area contributed by atoms with Gasteiger partial charge in [0.2, 0.25) is 0 Å². The molecular formula is C19H24ClN5. The highest BCUT2D eigenvalue weighted by atomic mass is 35.5. The topological polar surface area (TPSA) is 56.8 Å². The zero-order valence-electron chi connectivity index (χ0n) is 14.5. The summed E-state index contributed by atoms with van der Waals surface area (Å²) in [5, 5.41) is 11.8. The molecule has 6 heteroatoms. The summed E-state index contributed by atoms with van der Waals surface area (Å²) in [7, 11) is 0. The second-order valence-corrected chi connectivity index (χ2v) is 6.53. The largest absolute Gasteiger partial charge is 0.311 e. The van der Waals surface area contributed by atoms with Gasteiger partial charge in [-0.15, -0.1) is 12.4 Å². The summed E-state index contributed by atoms with van der Waals surface area (Å²) in [6.07, 6.45) is 3.07. The van der Waals surface area contributed by atoms with Crippen LogP contribution in [-0.2, 0) is 19.5 Å². The number of hydrogen-bond acceptors (Lipinski definition) is 4. The maximum Gasteiger partial charge on any atom is 0.181 e. The Morgan fingerprint density at radius 2 is 2.08 bits per heavy atom. The maximum absolute atomic E-state index is 4.40. The van der Waals surface area contributed by atoms with Gasteiger partial charge >= 0.3 is 0 Å². The molecular weight excluding hydrogens is 334 g/mol. The van der Waals surface area contributed by atoms with Crippen molar-refractivity contribution >= 4 is 23.4 Å². The molecule has 1 aromatic carbocycles. The van der Waals surface area contributed by atoms with Crippen molar-refractivity contribution in [2.75, 3.05) is 19.6 Å². The van der Waals surface area contributed by atoms with Crippen LogP contribution in [0.15, 0.2) is 36.5 Å². The van der Waals surface area contributed by atoms with Crippen LogP contribution in [0.2, 0.25) is 0 Å². The average molecular weight is 358 g/mol. The van der Waals surface area contributed by atoms with Crippen molar-refractivity contribution in [3.05, 3.63) is 58.9 Å². The van der Waals surface area contributed by atoms with E-state index in [2.05, 4.69) is 55.7 Å². The van der Waals surface area contributed by atoms with Crippen LogP contribution >= 0.6 is 12.4 Å². The molecule has 0 fully saturated rings. The zero-order valence-corrected chi connectivity index (χ0v) is 15.3. The zero-order chi connectivity index (χ0) is 16.4. The van der Waals surface area contributed by atoms with E-state index in [4.69, 9.17) is 0 Å². The van der Waals surface area contributed by atoms with Crippen molar-refractivity contribution < 1.29 is 0 Å². The van der Waals surface area contributed by atoms with E-state index in [0.717, 1.165) is 55.9 Å². The molecule has 2 N–H and O–H groups in total. The van der Waals surface area contributed by atoms with Gasteiger partial charge in [-0.1, -0.05) is 24.3 Å². The number of aromatic nitrogens is 3. The molecule has 0 bridgehead atoms. The molecule has 25 heavy (non-hydrogen) atoms. The van der Waals surface area contributed by atoms with Gasteiger partial charge in [0, 0.05) is 50.0 Å². The number of fused-ring (bicyclic) bond motifs is 2. The van der Waals surface area contributed by atoms with Crippen LogP contribution < -0.4 is 5.32 Å². The lowest BCUT2D eigenvalue weighted by atomic mass is 10.00. The highest BCUT2D eigenvalue weighted by Crippen LogP contribution is 2.18. The lowest BCUT2D eigenvalue weighted by Gasteiger charge is -2.28. The van der Waals surface area contributed by atoms with Crippen molar-refractivity contribution in [1.82, 2.24) is 25.4 Å². The molecule has 0 aliphatic carbocycles. The van der Waals surface area contributed by atoms with E-state index in [-0.39, 0.29) is 12.4 Å². The highest BCUT2D eigenvalue weighted by molar-refractivity contribution is 5.85. The number of nitrogens with one attached hydrogen (secondary N) is 2. The van der Waals surface area contributed by atoms with Crippen LogP contribution in [0.4, 0.5) is 0 Å². The lowest BCUT2D eigenvalue weighted by molar-refractivity contribution is 0.254. The Hall–Kier alpha value is -1.95. The molecule has 3 aromatic rings. The minimum atomic E-state index is 0. The fourth-order valence-corrected chi connectivity index (χ4v) is 3.37. The van der Waals surface area contributed by atoms with Gasteiger partial charge < -0.3 is 5.32 Å². The number of aryl methyl sites for hydroxylation is 1. The quantitative estimate of drug-likeness (QED) is 0.689. The normalized spacial score (nSPS) is 14.3. The Bertz CT molecular complexity index is 845. The summed E-state index contributed by atoms with van der Waals surface area (Å²) < 4.78 is 0. The molecule has 3 heterocycles. The van der Waals surface area contributed by atoms with Gasteiger partial charge in [0.1, 0.15) is 0 Å². The fraction of sp³-hybridized carbons (Fsp3) is 0.368. The van der Waals surface area contributed by atoms with Gasteiger partial charge in [0.25, 0.3) is 0 Å². The average Bonchev–Trinajstić information content (AvgIpc) is 2.99. The number of hydrogen-bond donors (Lipinski definition) is 2. The third-order valence-corrected chi connectivity index (χ3v) is 4.80. The van der Waals surface area contributed by atoms with E-state index < -0.39 is 0 Å². The van der Waals surface area contributed by atoms with Gasteiger partial charge in [-0.3, -0.25) is 10.00 Å². The van der Waals surface area contributed by atoms with E-state index in [1.807, 2.05) is 13.1 Å². The summed E-state index contributed by atoms with van der Waals surface area (Å²) in [6.45, 7) is 7.17. The number of pyridine rings is 1. The van der Waals surface area contributed by atoms with Crippen LogP contribution in [0.5, 0.6) is 0 Å². The number of aromatic amines is 1. The minimum absolute atomic E-state index is 0. The smallest absolute Gasteiger partial charge is 0.181 e. The molecule has 0 spiro atoms. The Balaban J connectivity index is 0.00000182. The summed E-state index contributed by atoms with van der Waals surface area (Å²) in [6, 6.07) is 11.0. The molecule has 0 unspecified atom stereocenters. The number of rotatable bonds is 5. The Morgan fingerprint density at radius 1 is 1.24 bits per heavy atom.